The van der Waals surface area contributed by atoms with Crippen LogP contribution in [0.3, 0.4) is 0 Å². The first kappa shape index (κ1) is 19.7. The number of para-hydroxylation sites is 1. The van der Waals surface area contributed by atoms with Crippen LogP contribution in [-0.4, -0.2) is 24.9 Å². The standard InChI is InChI=1S/C22H16FN5OS2/c23-16-10-8-15(9-11-16)21-24-19(27-29-21)14-31-22-26-25-20(13-18-7-4-12-30-18)28(22)17-5-2-1-3-6-17/h1-12H,13-14H2. The number of hydrogen-bond acceptors (Lipinski definition) is 7. The molecule has 9 heteroatoms. The molecule has 0 saturated carbocycles. The lowest BCUT2D eigenvalue weighted by molar-refractivity contribution is 0.425. The Labute approximate surface area is 185 Å². The smallest absolute Gasteiger partial charge is 0.257 e. The topological polar surface area (TPSA) is 69.6 Å². The van der Waals surface area contributed by atoms with E-state index in [1.54, 1.807) is 23.5 Å². The van der Waals surface area contributed by atoms with E-state index < -0.39 is 0 Å². The van der Waals surface area contributed by atoms with Gasteiger partial charge in [0.1, 0.15) is 11.6 Å². The van der Waals surface area contributed by atoms with E-state index in [0.717, 1.165) is 16.7 Å². The predicted molar refractivity (Wildman–Crippen MR) is 118 cm³/mol. The molecule has 0 fully saturated rings. The molecule has 5 rings (SSSR count). The minimum atomic E-state index is -0.308. The van der Waals surface area contributed by atoms with Crippen LogP contribution in [0.5, 0.6) is 0 Å². The molecule has 3 aromatic heterocycles. The quantitative estimate of drug-likeness (QED) is 0.310. The number of thiophene rings is 1. The van der Waals surface area contributed by atoms with Crippen LogP contribution in [0.4, 0.5) is 4.39 Å². The summed E-state index contributed by atoms with van der Waals surface area (Å²) in [6, 6.07) is 20.1. The van der Waals surface area contributed by atoms with Gasteiger partial charge in [0.2, 0.25) is 0 Å². The molecule has 154 valence electrons. The Morgan fingerprint density at radius 2 is 1.81 bits per heavy atom. The minimum absolute atomic E-state index is 0.308. The van der Waals surface area contributed by atoms with Crippen molar-refractivity contribution in [2.24, 2.45) is 0 Å². The summed E-state index contributed by atoms with van der Waals surface area (Å²) in [6.45, 7) is 0. The average molecular weight is 450 g/mol. The molecule has 0 atom stereocenters. The number of thioether (sulfide) groups is 1. The molecule has 31 heavy (non-hydrogen) atoms. The van der Waals surface area contributed by atoms with Gasteiger partial charge in [-0.2, -0.15) is 4.98 Å². The van der Waals surface area contributed by atoms with Crippen molar-refractivity contribution in [2.45, 2.75) is 17.3 Å². The Morgan fingerprint density at radius 1 is 0.968 bits per heavy atom. The number of nitrogens with zero attached hydrogens (tertiary/aromatic N) is 5. The molecule has 5 aromatic rings. The lowest BCUT2D eigenvalue weighted by Crippen LogP contribution is -2.03. The summed E-state index contributed by atoms with van der Waals surface area (Å²) in [7, 11) is 0. The maximum Gasteiger partial charge on any atom is 0.257 e. The molecule has 0 radical (unpaired) electrons. The van der Waals surface area contributed by atoms with E-state index in [1.165, 1.54) is 28.8 Å². The van der Waals surface area contributed by atoms with E-state index in [2.05, 4.69) is 36.4 Å². The zero-order valence-corrected chi connectivity index (χ0v) is 17.8. The molecule has 0 aliphatic rings. The molecule has 0 spiro atoms. The van der Waals surface area contributed by atoms with Crippen LogP contribution < -0.4 is 0 Å². The molecule has 0 amide bonds. The van der Waals surface area contributed by atoms with Gasteiger partial charge in [-0.1, -0.05) is 41.2 Å². The average Bonchev–Trinajstić information content (AvgIpc) is 3.55. The number of rotatable bonds is 7. The van der Waals surface area contributed by atoms with Crippen molar-refractivity contribution < 1.29 is 8.91 Å². The van der Waals surface area contributed by atoms with Crippen LogP contribution in [0, 0.1) is 5.82 Å². The molecule has 6 nitrogen and oxygen atoms in total. The summed E-state index contributed by atoms with van der Waals surface area (Å²) in [6.07, 6.45) is 0.705. The third-order valence-electron chi connectivity index (χ3n) is 4.52. The molecule has 0 N–H and O–H groups in total. The monoisotopic (exact) mass is 449 g/mol. The summed E-state index contributed by atoms with van der Waals surface area (Å²) in [5, 5.41) is 15.7. The number of aromatic nitrogens is 5. The highest BCUT2D eigenvalue weighted by Gasteiger charge is 2.17. The van der Waals surface area contributed by atoms with Gasteiger partial charge in [0.25, 0.3) is 5.89 Å². The van der Waals surface area contributed by atoms with Crippen molar-refractivity contribution in [1.29, 1.82) is 0 Å². The van der Waals surface area contributed by atoms with Gasteiger partial charge >= 0.3 is 0 Å². The van der Waals surface area contributed by atoms with E-state index in [1.807, 2.05) is 36.4 Å². The van der Waals surface area contributed by atoms with Crippen LogP contribution in [0.25, 0.3) is 17.1 Å². The van der Waals surface area contributed by atoms with Gasteiger partial charge in [0.05, 0.1) is 5.75 Å². The Balaban J connectivity index is 1.38. The molecule has 0 aliphatic carbocycles. The summed E-state index contributed by atoms with van der Waals surface area (Å²) in [5.41, 5.74) is 1.68. The largest absolute Gasteiger partial charge is 0.334 e. The van der Waals surface area contributed by atoms with Gasteiger partial charge in [-0.25, -0.2) is 4.39 Å². The highest BCUT2D eigenvalue weighted by molar-refractivity contribution is 7.98. The molecule has 0 bridgehead atoms. The van der Waals surface area contributed by atoms with Crippen molar-refractivity contribution in [2.75, 3.05) is 0 Å². The lowest BCUT2D eigenvalue weighted by atomic mass is 10.2. The predicted octanol–water partition coefficient (Wildman–Crippen LogP) is 5.40. The zero-order valence-electron chi connectivity index (χ0n) is 16.2. The second kappa shape index (κ2) is 8.83. The highest BCUT2D eigenvalue weighted by atomic mass is 32.2. The SMILES string of the molecule is Fc1ccc(-c2nc(CSc3nnc(Cc4cccs4)n3-c3ccccc3)no2)cc1. The maximum atomic E-state index is 13.1. The molecule has 2 aromatic carbocycles. The van der Waals surface area contributed by atoms with Gasteiger partial charge in [-0.15, -0.1) is 21.5 Å². The lowest BCUT2D eigenvalue weighted by Gasteiger charge is -2.09. The van der Waals surface area contributed by atoms with Crippen molar-refractivity contribution >= 4 is 23.1 Å². The Kier molecular flexibility index (Phi) is 5.59. The van der Waals surface area contributed by atoms with E-state index in [4.69, 9.17) is 4.52 Å². The summed E-state index contributed by atoms with van der Waals surface area (Å²) in [4.78, 5) is 5.64. The first-order valence-electron chi connectivity index (χ1n) is 9.50. The van der Waals surface area contributed by atoms with Crippen molar-refractivity contribution in [3.05, 3.63) is 94.5 Å². The number of halogens is 1. The summed E-state index contributed by atoms with van der Waals surface area (Å²) < 4.78 is 20.5. The fraction of sp³-hybridized carbons (Fsp3) is 0.0909. The molecule has 3 heterocycles. The van der Waals surface area contributed by atoms with Gasteiger partial charge in [-0.05, 0) is 47.8 Å². The fourth-order valence-electron chi connectivity index (χ4n) is 3.07. The Morgan fingerprint density at radius 3 is 2.58 bits per heavy atom. The van der Waals surface area contributed by atoms with Gasteiger partial charge in [-0.3, -0.25) is 4.57 Å². The minimum Gasteiger partial charge on any atom is -0.334 e. The van der Waals surface area contributed by atoms with Crippen molar-refractivity contribution in [1.82, 2.24) is 24.9 Å². The Hall–Kier alpha value is -3.30. The number of benzene rings is 2. The van der Waals surface area contributed by atoms with Crippen molar-refractivity contribution in [3.63, 3.8) is 0 Å². The molecular weight excluding hydrogens is 433 g/mol. The van der Waals surface area contributed by atoms with Crippen LogP contribution in [0.1, 0.15) is 16.5 Å². The molecular formula is C22H16FN5OS2. The van der Waals surface area contributed by atoms with Crippen LogP contribution in [0.15, 0.2) is 81.8 Å². The second-order valence-electron chi connectivity index (χ2n) is 6.64. The summed E-state index contributed by atoms with van der Waals surface area (Å²) in [5.74, 6) is 1.92. The first-order valence-corrected chi connectivity index (χ1v) is 11.4. The van der Waals surface area contributed by atoms with Crippen molar-refractivity contribution in [3.8, 4) is 17.1 Å². The third-order valence-corrected chi connectivity index (χ3v) is 6.32. The van der Waals surface area contributed by atoms with Gasteiger partial charge in [0.15, 0.2) is 11.0 Å². The second-order valence-corrected chi connectivity index (χ2v) is 8.61. The molecule has 0 unspecified atom stereocenters. The van der Waals surface area contributed by atoms with Gasteiger partial charge in [0, 0.05) is 22.5 Å². The van der Waals surface area contributed by atoms with E-state index in [0.29, 0.717) is 29.5 Å². The van der Waals surface area contributed by atoms with Crippen LogP contribution >= 0.6 is 23.1 Å². The summed E-state index contributed by atoms with van der Waals surface area (Å²) >= 11 is 3.19. The highest BCUT2D eigenvalue weighted by Crippen LogP contribution is 2.27. The van der Waals surface area contributed by atoms with Crippen LogP contribution in [-0.2, 0) is 12.2 Å². The first-order chi connectivity index (χ1) is 15.3. The van der Waals surface area contributed by atoms with Crippen LogP contribution in [0.2, 0.25) is 0 Å². The van der Waals surface area contributed by atoms with E-state index >= 15 is 0 Å². The zero-order chi connectivity index (χ0) is 21.0. The maximum absolute atomic E-state index is 13.1. The fourth-order valence-corrected chi connectivity index (χ4v) is 4.58. The number of hydrogen-bond donors (Lipinski definition) is 0. The van der Waals surface area contributed by atoms with Gasteiger partial charge < -0.3 is 4.52 Å². The molecule has 0 aliphatic heterocycles. The Bertz CT molecular complexity index is 1270. The van der Waals surface area contributed by atoms with E-state index in [9.17, 15) is 4.39 Å². The van der Waals surface area contributed by atoms with E-state index in [-0.39, 0.29) is 5.82 Å². The third kappa shape index (κ3) is 4.42. The normalized spacial score (nSPS) is 11.1. The molecule has 0 saturated heterocycles.